The maximum absolute atomic E-state index is 12.9. The summed E-state index contributed by atoms with van der Waals surface area (Å²) in [4.78, 5) is 15.7. The lowest BCUT2D eigenvalue weighted by Gasteiger charge is -2.07. The van der Waals surface area contributed by atoms with Gasteiger partial charge in [-0.05, 0) is 35.7 Å². The number of hydrogen-bond acceptors (Lipinski definition) is 3. The van der Waals surface area contributed by atoms with E-state index < -0.39 is 0 Å². The van der Waals surface area contributed by atoms with Crippen LogP contribution in [0.1, 0.15) is 11.1 Å². The lowest BCUT2D eigenvalue weighted by molar-refractivity contribution is -0.112. The minimum atomic E-state index is 0.00536. The summed E-state index contributed by atoms with van der Waals surface area (Å²) in [6.07, 6.45) is 3.96. The lowest BCUT2D eigenvalue weighted by atomic mass is 10.0. The number of rotatable bonds is 3. The predicted octanol–water partition coefficient (Wildman–Crippen LogP) is 5.12. The van der Waals surface area contributed by atoms with Crippen LogP contribution in [0, 0.1) is 0 Å². The number of hydrogen-bond donors (Lipinski definition) is 0. The molecule has 0 bridgehead atoms. The van der Waals surface area contributed by atoms with Crippen molar-refractivity contribution in [3.8, 4) is 16.3 Å². The summed E-state index contributed by atoms with van der Waals surface area (Å²) in [5.41, 5.74) is 5.39. The minimum absolute atomic E-state index is 0.00536. The standard InChI is InChI=1S/C23H17N3OS/c1-25-20-11-6-5-10-18(20)19(23(25)27)14-16-15-26(17-8-3-2-4-9-17)24-22(16)21-12-7-13-28-21/h2-15H,1H3/b19-14-. The molecule has 0 unspecified atom stereocenters. The molecule has 0 fully saturated rings. The number of likely N-dealkylation sites (N-methyl/N-ethyl adjacent to an activating group) is 1. The second-order valence-corrected chi connectivity index (χ2v) is 7.58. The second kappa shape index (κ2) is 6.62. The van der Waals surface area contributed by atoms with E-state index in [1.54, 1.807) is 16.2 Å². The molecule has 5 heteroatoms. The van der Waals surface area contributed by atoms with Crippen LogP contribution in [-0.2, 0) is 4.79 Å². The van der Waals surface area contributed by atoms with Crippen molar-refractivity contribution >= 4 is 34.6 Å². The summed E-state index contributed by atoms with van der Waals surface area (Å²) in [5.74, 6) is 0.00536. The Kier molecular flexibility index (Phi) is 3.95. The second-order valence-electron chi connectivity index (χ2n) is 6.63. The van der Waals surface area contributed by atoms with Crippen LogP contribution in [-0.4, -0.2) is 22.7 Å². The quantitative estimate of drug-likeness (QED) is 0.461. The van der Waals surface area contributed by atoms with E-state index in [-0.39, 0.29) is 5.91 Å². The van der Waals surface area contributed by atoms with Crippen molar-refractivity contribution in [3.63, 3.8) is 0 Å². The van der Waals surface area contributed by atoms with Crippen molar-refractivity contribution < 1.29 is 4.79 Å². The number of nitrogens with zero attached hydrogens (tertiary/aromatic N) is 3. The molecule has 0 radical (unpaired) electrons. The van der Waals surface area contributed by atoms with Crippen LogP contribution in [0.15, 0.2) is 78.3 Å². The van der Waals surface area contributed by atoms with Crippen LogP contribution >= 0.6 is 11.3 Å². The number of carbonyl (C=O) groups is 1. The first kappa shape index (κ1) is 16.7. The molecule has 2 aromatic carbocycles. The third-order valence-corrected chi connectivity index (χ3v) is 5.78. The average molecular weight is 383 g/mol. The summed E-state index contributed by atoms with van der Waals surface area (Å²) in [7, 11) is 1.82. The number of amides is 1. The van der Waals surface area contributed by atoms with Crippen molar-refractivity contribution in [2.75, 3.05) is 11.9 Å². The van der Waals surface area contributed by atoms with Gasteiger partial charge in [0.15, 0.2) is 0 Å². The Bertz CT molecular complexity index is 1190. The minimum Gasteiger partial charge on any atom is -0.311 e. The highest BCUT2D eigenvalue weighted by Gasteiger charge is 2.29. The average Bonchev–Trinajstić information content (AvgIpc) is 3.45. The number of fused-ring (bicyclic) bond motifs is 1. The Balaban J connectivity index is 1.69. The van der Waals surface area contributed by atoms with Gasteiger partial charge in [-0.3, -0.25) is 4.79 Å². The van der Waals surface area contributed by atoms with Crippen LogP contribution in [0.25, 0.3) is 27.9 Å². The van der Waals surface area contributed by atoms with Crippen LogP contribution in [0.2, 0.25) is 0 Å². The van der Waals surface area contributed by atoms with Crippen molar-refractivity contribution in [3.05, 3.63) is 89.4 Å². The zero-order valence-corrected chi connectivity index (χ0v) is 16.1. The lowest BCUT2D eigenvalue weighted by Crippen LogP contribution is -2.20. The van der Waals surface area contributed by atoms with Crippen LogP contribution in [0.4, 0.5) is 5.69 Å². The summed E-state index contributed by atoms with van der Waals surface area (Å²) in [6.45, 7) is 0. The zero-order valence-electron chi connectivity index (χ0n) is 15.2. The largest absolute Gasteiger partial charge is 0.311 e. The van der Waals surface area contributed by atoms with E-state index in [1.165, 1.54) is 0 Å². The van der Waals surface area contributed by atoms with Crippen molar-refractivity contribution in [2.24, 2.45) is 0 Å². The molecule has 1 aliphatic rings. The molecule has 1 amide bonds. The molecular weight excluding hydrogens is 366 g/mol. The van der Waals surface area contributed by atoms with Crippen molar-refractivity contribution in [2.45, 2.75) is 0 Å². The van der Waals surface area contributed by atoms with Crippen LogP contribution in [0.5, 0.6) is 0 Å². The van der Waals surface area contributed by atoms with Gasteiger partial charge in [-0.2, -0.15) is 5.10 Å². The summed E-state index contributed by atoms with van der Waals surface area (Å²) in [5, 5.41) is 6.86. The highest BCUT2D eigenvalue weighted by Crippen LogP contribution is 2.38. The molecule has 4 aromatic rings. The SMILES string of the molecule is CN1C(=O)/C(=C\c2cn(-c3ccccc3)nc2-c2cccs2)c2ccccc21. The van der Waals surface area contributed by atoms with E-state index >= 15 is 0 Å². The van der Waals surface area contributed by atoms with Gasteiger partial charge in [-0.1, -0.05) is 42.5 Å². The Hall–Kier alpha value is -3.44. The number of anilines is 1. The van der Waals surface area contributed by atoms with E-state index in [0.29, 0.717) is 5.57 Å². The topological polar surface area (TPSA) is 38.1 Å². The highest BCUT2D eigenvalue weighted by atomic mass is 32.1. The molecule has 0 N–H and O–H groups in total. The van der Waals surface area contributed by atoms with E-state index in [1.807, 2.05) is 90.0 Å². The molecule has 0 saturated carbocycles. The van der Waals surface area contributed by atoms with Gasteiger partial charge in [0.2, 0.25) is 0 Å². The Morgan fingerprint density at radius 1 is 0.964 bits per heavy atom. The maximum atomic E-state index is 12.9. The third kappa shape index (κ3) is 2.68. The zero-order chi connectivity index (χ0) is 19.1. The Morgan fingerprint density at radius 3 is 2.54 bits per heavy atom. The first-order chi connectivity index (χ1) is 13.7. The molecular formula is C23H17N3OS. The number of carbonyl (C=O) groups excluding carboxylic acids is 1. The molecule has 0 saturated heterocycles. The van der Waals surface area contributed by atoms with Gasteiger partial charge in [-0.15, -0.1) is 11.3 Å². The third-order valence-electron chi connectivity index (χ3n) is 4.91. The van der Waals surface area contributed by atoms with Gasteiger partial charge in [0, 0.05) is 29.9 Å². The molecule has 136 valence electrons. The first-order valence-electron chi connectivity index (χ1n) is 9.00. The molecule has 28 heavy (non-hydrogen) atoms. The van der Waals surface area contributed by atoms with Crippen molar-refractivity contribution in [1.82, 2.24) is 9.78 Å². The fourth-order valence-electron chi connectivity index (χ4n) is 3.50. The molecule has 0 spiro atoms. The van der Waals surface area contributed by atoms with E-state index in [0.717, 1.165) is 33.1 Å². The molecule has 0 aliphatic carbocycles. The molecule has 1 aliphatic heterocycles. The summed E-state index contributed by atoms with van der Waals surface area (Å²) < 4.78 is 1.87. The first-order valence-corrected chi connectivity index (χ1v) is 9.88. The summed E-state index contributed by atoms with van der Waals surface area (Å²) in [6, 6.07) is 22.0. The van der Waals surface area contributed by atoms with Gasteiger partial charge < -0.3 is 4.90 Å². The van der Waals surface area contributed by atoms with Gasteiger partial charge in [0.1, 0.15) is 5.69 Å². The van der Waals surface area contributed by atoms with Crippen LogP contribution in [0.3, 0.4) is 0 Å². The van der Waals surface area contributed by atoms with Gasteiger partial charge >= 0.3 is 0 Å². The van der Waals surface area contributed by atoms with E-state index in [2.05, 4.69) is 6.07 Å². The van der Waals surface area contributed by atoms with Gasteiger partial charge in [-0.25, -0.2) is 4.68 Å². The number of aromatic nitrogens is 2. The van der Waals surface area contributed by atoms with E-state index in [9.17, 15) is 4.79 Å². The fourth-order valence-corrected chi connectivity index (χ4v) is 4.24. The Labute approximate surface area is 167 Å². The van der Waals surface area contributed by atoms with Gasteiger partial charge in [0.25, 0.3) is 5.91 Å². The van der Waals surface area contributed by atoms with Crippen molar-refractivity contribution in [1.29, 1.82) is 0 Å². The number of thiophene rings is 1. The molecule has 3 heterocycles. The van der Waals surface area contributed by atoms with Crippen LogP contribution < -0.4 is 4.90 Å². The number of benzene rings is 2. The molecule has 5 rings (SSSR count). The molecule has 4 nitrogen and oxygen atoms in total. The maximum Gasteiger partial charge on any atom is 0.258 e. The fraction of sp³-hybridized carbons (Fsp3) is 0.0435. The summed E-state index contributed by atoms with van der Waals surface area (Å²) >= 11 is 1.64. The van der Waals surface area contributed by atoms with E-state index in [4.69, 9.17) is 5.10 Å². The number of para-hydroxylation sites is 2. The predicted molar refractivity (Wildman–Crippen MR) is 115 cm³/mol. The molecule has 2 aromatic heterocycles. The molecule has 0 atom stereocenters. The Morgan fingerprint density at radius 2 is 1.75 bits per heavy atom. The highest BCUT2D eigenvalue weighted by molar-refractivity contribution is 7.13. The van der Waals surface area contributed by atoms with Gasteiger partial charge in [0.05, 0.1) is 16.3 Å². The monoisotopic (exact) mass is 383 g/mol. The normalized spacial score (nSPS) is 14.7. The smallest absolute Gasteiger partial charge is 0.258 e.